The monoisotopic (exact) mass is 527 g/mol. The summed E-state index contributed by atoms with van der Waals surface area (Å²) < 4.78 is 14.9. The van der Waals surface area contributed by atoms with Gasteiger partial charge in [0.1, 0.15) is 10.4 Å². The summed E-state index contributed by atoms with van der Waals surface area (Å²) in [6.07, 6.45) is 0. The van der Waals surface area contributed by atoms with Crippen molar-refractivity contribution in [2.24, 2.45) is 0 Å². The predicted molar refractivity (Wildman–Crippen MR) is 143 cm³/mol. The molecule has 0 unspecified atom stereocenters. The summed E-state index contributed by atoms with van der Waals surface area (Å²) in [7, 11) is 0. The van der Waals surface area contributed by atoms with Gasteiger partial charge in [0, 0.05) is 5.69 Å². The van der Waals surface area contributed by atoms with Crippen LogP contribution in [-0.4, -0.2) is 39.1 Å². The number of carbonyl (C=O) groups excluding carboxylic acids is 1. The molecule has 0 aliphatic rings. The van der Waals surface area contributed by atoms with Gasteiger partial charge in [0.25, 0.3) is 5.56 Å². The molecule has 0 saturated heterocycles. The Kier molecular flexibility index (Phi) is 7.73. The number of thioether (sulfide) groups is 1. The van der Waals surface area contributed by atoms with E-state index in [1.165, 1.54) is 15.9 Å². The second kappa shape index (κ2) is 10.8. The van der Waals surface area contributed by atoms with Crippen molar-refractivity contribution < 1.29 is 14.3 Å². The van der Waals surface area contributed by atoms with Gasteiger partial charge in [-0.25, -0.2) is 4.98 Å². The van der Waals surface area contributed by atoms with Crippen LogP contribution in [0.1, 0.15) is 25.0 Å². The summed E-state index contributed by atoms with van der Waals surface area (Å²) in [5, 5.41) is 0.380. The number of carbonyl (C=O) groups is 1. The Hall–Kier alpha value is -2.95. The standard InChI is InChI=1S/C25H25N3O4S3/c1-5-31-19-11-9-17(10-12-19)28-23(30)21-22(26-24(28)34-14-20(29)32-6-2)27(25(33)35-21)18-8-7-15(3)16(4)13-18/h7-13H,5-6,14H2,1-4H3. The van der Waals surface area contributed by atoms with Crippen LogP contribution in [0.25, 0.3) is 21.7 Å². The number of rotatable bonds is 8. The fourth-order valence-corrected chi connectivity index (χ4v) is 5.64. The number of ether oxygens (including phenoxy) is 2. The molecule has 182 valence electrons. The van der Waals surface area contributed by atoms with Crippen molar-refractivity contribution >= 4 is 51.6 Å². The van der Waals surface area contributed by atoms with Crippen molar-refractivity contribution in [2.45, 2.75) is 32.9 Å². The topological polar surface area (TPSA) is 75.4 Å². The van der Waals surface area contributed by atoms with Crippen LogP contribution in [0.15, 0.2) is 52.4 Å². The van der Waals surface area contributed by atoms with E-state index in [0.29, 0.717) is 37.5 Å². The first-order valence-corrected chi connectivity index (χ1v) is 13.3. The molecule has 0 radical (unpaired) electrons. The maximum atomic E-state index is 13.8. The minimum absolute atomic E-state index is 0.0251. The molecule has 4 aromatic rings. The van der Waals surface area contributed by atoms with Gasteiger partial charge in [-0.1, -0.05) is 29.2 Å². The quantitative estimate of drug-likeness (QED) is 0.127. The SMILES string of the molecule is CCOC(=O)CSc1nc2c(sc(=S)n2-c2ccc(C)c(C)c2)c(=O)n1-c1ccc(OCC)cc1. The fourth-order valence-electron chi connectivity index (χ4n) is 3.54. The molecule has 0 amide bonds. The van der Waals surface area contributed by atoms with Crippen LogP contribution in [0.2, 0.25) is 0 Å². The highest BCUT2D eigenvalue weighted by molar-refractivity contribution is 7.99. The van der Waals surface area contributed by atoms with Crippen molar-refractivity contribution in [2.75, 3.05) is 19.0 Å². The molecule has 35 heavy (non-hydrogen) atoms. The summed E-state index contributed by atoms with van der Waals surface area (Å²) in [5.74, 6) is 0.356. The maximum Gasteiger partial charge on any atom is 0.316 e. The lowest BCUT2D eigenvalue weighted by Crippen LogP contribution is -2.22. The Balaban J connectivity index is 1.92. The van der Waals surface area contributed by atoms with E-state index in [0.717, 1.165) is 28.6 Å². The van der Waals surface area contributed by atoms with Crippen molar-refractivity contribution in [1.29, 1.82) is 0 Å². The van der Waals surface area contributed by atoms with E-state index >= 15 is 0 Å². The maximum absolute atomic E-state index is 13.8. The third-order valence-electron chi connectivity index (χ3n) is 5.36. The summed E-state index contributed by atoms with van der Waals surface area (Å²) in [6.45, 7) is 8.57. The van der Waals surface area contributed by atoms with Crippen LogP contribution < -0.4 is 10.3 Å². The lowest BCUT2D eigenvalue weighted by Gasteiger charge is -2.14. The molecular weight excluding hydrogens is 502 g/mol. The Bertz CT molecular complexity index is 1500. The zero-order valence-corrected chi connectivity index (χ0v) is 22.3. The van der Waals surface area contributed by atoms with Gasteiger partial charge in [0.15, 0.2) is 14.8 Å². The summed E-state index contributed by atoms with van der Waals surface area (Å²) in [4.78, 5) is 30.7. The molecule has 4 rings (SSSR count). The van der Waals surface area contributed by atoms with E-state index in [1.54, 1.807) is 31.2 Å². The molecule has 0 saturated carbocycles. The summed E-state index contributed by atoms with van der Waals surface area (Å²) in [5.41, 5.74) is 3.97. The zero-order valence-electron chi connectivity index (χ0n) is 19.9. The van der Waals surface area contributed by atoms with Gasteiger partial charge in [-0.05, 0) is 87.4 Å². The highest BCUT2D eigenvalue weighted by Gasteiger charge is 2.20. The molecular formula is C25H25N3O4S3. The molecule has 0 bridgehead atoms. The average molecular weight is 528 g/mol. The number of thiazole rings is 1. The van der Waals surface area contributed by atoms with Crippen LogP contribution in [0.5, 0.6) is 5.75 Å². The molecule has 0 spiro atoms. The highest BCUT2D eigenvalue weighted by atomic mass is 32.2. The number of benzene rings is 2. The Morgan fingerprint density at radius 3 is 2.40 bits per heavy atom. The van der Waals surface area contributed by atoms with Gasteiger partial charge in [-0.3, -0.25) is 18.7 Å². The van der Waals surface area contributed by atoms with Crippen LogP contribution >= 0.6 is 35.3 Å². The number of hydrogen-bond acceptors (Lipinski definition) is 8. The number of aryl methyl sites for hydroxylation is 2. The Morgan fingerprint density at radius 1 is 1.03 bits per heavy atom. The van der Waals surface area contributed by atoms with E-state index in [2.05, 4.69) is 0 Å². The van der Waals surface area contributed by atoms with Gasteiger partial charge in [-0.2, -0.15) is 0 Å². The van der Waals surface area contributed by atoms with Gasteiger partial charge in [0.05, 0.1) is 24.7 Å². The first-order valence-electron chi connectivity index (χ1n) is 11.1. The first-order chi connectivity index (χ1) is 16.8. The smallest absolute Gasteiger partial charge is 0.316 e. The summed E-state index contributed by atoms with van der Waals surface area (Å²) >= 11 is 8.04. The molecule has 2 heterocycles. The molecule has 0 N–H and O–H groups in total. The Labute approximate surface area is 216 Å². The number of nitrogens with zero attached hydrogens (tertiary/aromatic N) is 3. The van der Waals surface area contributed by atoms with Crippen molar-refractivity contribution in [3.63, 3.8) is 0 Å². The van der Waals surface area contributed by atoms with Crippen LogP contribution in [0.4, 0.5) is 0 Å². The zero-order chi connectivity index (χ0) is 25.1. The number of hydrogen-bond donors (Lipinski definition) is 0. The van der Waals surface area contributed by atoms with E-state index in [9.17, 15) is 9.59 Å². The van der Waals surface area contributed by atoms with Gasteiger partial charge >= 0.3 is 5.97 Å². The largest absolute Gasteiger partial charge is 0.494 e. The summed E-state index contributed by atoms with van der Waals surface area (Å²) in [6, 6.07) is 13.2. The molecule has 2 aromatic carbocycles. The molecule has 0 aliphatic carbocycles. The molecule has 0 fully saturated rings. The number of esters is 1. The van der Waals surface area contributed by atoms with Gasteiger partial charge in [-0.15, -0.1) is 0 Å². The highest BCUT2D eigenvalue weighted by Crippen LogP contribution is 2.28. The van der Waals surface area contributed by atoms with E-state index < -0.39 is 0 Å². The molecule has 0 aliphatic heterocycles. The molecule has 0 atom stereocenters. The number of aromatic nitrogens is 3. The minimum atomic E-state index is -0.374. The fraction of sp³-hybridized carbons (Fsp3) is 0.280. The van der Waals surface area contributed by atoms with Crippen LogP contribution in [0.3, 0.4) is 0 Å². The first kappa shape index (κ1) is 25.2. The Morgan fingerprint density at radius 2 is 1.74 bits per heavy atom. The van der Waals surface area contributed by atoms with Gasteiger partial charge in [0.2, 0.25) is 0 Å². The second-order valence-corrected chi connectivity index (χ2v) is 10.3. The number of fused-ring (bicyclic) bond motifs is 1. The van der Waals surface area contributed by atoms with Crippen molar-refractivity contribution in [1.82, 2.24) is 14.1 Å². The van der Waals surface area contributed by atoms with Crippen LogP contribution in [-0.2, 0) is 9.53 Å². The third-order valence-corrected chi connectivity index (χ3v) is 7.62. The average Bonchev–Trinajstić information content (AvgIpc) is 3.17. The molecule has 2 aromatic heterocycles. The van der Waals surface area contributed by atoms with Crippen molar-refractivity contribution in [3.05, 3.63) is 67.9 Å². The molecule has 7 nitrogen and oxygen atoms in total. The van der Waals surface area contributed by atoms with Crippen LogP contribution in [0, 0.1) is 17.8 Å². The normalized spacial score (nSPS) is 11.1. The third kappa shape index (κ3) is 5.19. The minimum Gasteiger partial charge on any atom is -0.494 e. The predicted octanol–water partition coefficient (Wildman–Crippen LogP) is 5.64. The van der Waals surface area contributed by atoms with Crippen molar-refractivity contribution in [3.8, 4) is 17.1 Å². The molecule has 10 heteroatoms. The lowest BCUT2D eigenvalue weighted by atomic mass is 10.1. The lowest BCUT2D eigenvalue weighted by molar-refractivity contribution is -0.139. The van der Waals surface area contributed by atoms with E-state index in [-0.39, 0.29) is 23.9 Å². The second-order valence-electron chi connectivity index (χ2n) is 7.68. The van der Waals surface area contributed by atoms with E-state index in [1.807, 2.05) is 43.5 Å². The van der Waals surface area contributed by atoms with E-state index in [4.69, 9.17) is 26.7 Å². The van der Waals surface area contributed by atoms with Gasteiger partial charge < -0.3 is 9.47 Å².